The number of sulfone groups is 1. The minimum atomic E-state index is -3.65. The number of aryl methyl sites for hydroxylation is 2. The second-order valence-electron chi connectivity index (χ2n) is 5.86. The smallest absolute Gasteiger partial charge is 0.241 e. The summed E-state index contributed by atoms with van der Waals surface area (Å²) in [5.74, 6) is -0.335. The molecule has 0 spiro atoms. The van der Waals surface area contributed by atoms with Crippen molar-refractivity contribution in [3.63, 3.8) is 0 Å². The first-order valence-electron chi connectivity index (χ1n) is 7.74. The maximum absolute atomic E-state index is 12.8. The molecule has 5 nitrogen and oxygen atoms in total. The molecule has 0 aromatic heterocycles. The van der Waals surface area contributed by atoms with Gasteiger partial charge in [-0.3, -0.25) is 4.79 Å². The van der Waals surface area contributed by atoms with Gasteiger partial charge in [-0.15, -0.1) is 0 Å². The summed E-state index contributed by atoms with van der Waals surface area (Å²) in [7, 11) is -3.65. The Hall–Kier alpha value is -2.18. The SMILES string of the molecule is CCC(N)C(=O)Nc1cccc(S(=O)(=O)c2cc(C)cc(C)c2)c1. The van der Waals surface area contributed by atoms with E-state index in [4.69, 9.17) is 5.73 Å². The van der Waals surface area contributed by atoms with Crippen LogP contribution < -0.4 is 11.1 Å². The molecule has 6 heteroatoms. The van der Waals surface area contributed by atoms with Gasteiger partial charge in [0.05, 0.1) is 15.8 Å². The number of carbonyl (C=O) groups excluding carboxylic acids is 1. The van der Waals surface area contributed by atoms with Gasteiger partial charge < -0.3 is 11.1 Å². The molecule has 0 saturated carbocycles. The van der Waals surface area contributed by atoms with Gasteiger partial charge in [-0.05, 0) is 61.7 Å². The molecule has 1 unspecified atom stereocenters. The zero-order valence-corrected chi connectivity index (χ0v) is 14.9. The Labute approximate surface area is 142 Å². The summed E-state index contributed by atoms with van der Waals surface area (Å²) in [6, 6.07) is 10.8. The van der Waals surface area contributed by atoms with E-state index in [9.17, 15) is 13.2 Å². The number of anilines is 1. The maximum atomic E-state index is 12.8. The van der Waals surface area contributed by atoms with Crippen molar-refractivity contribution in [2.24, 2.45) is 5.73 Å². The summed E-state index contributed by atoms with van der Waals surface area (Å²) in [5, 5.41) is 2.65. The molecule has 2 rings (SSSR count). The van der Waals surface area contributed by atoms with Gasteiger partial charge in [-0.2, -0.15) is 0 Å². The van der Waals surface area contributed by atoms with Crippen LogP contribution in [0, 0.1) is 13.8 Å². The second-order valence-corrected chi connectivity index (χ2v) is 7.81. The molecule has 0 bridgehead atoms. The Morgan fingerprint density at radius 2 is 1.71 bits per heavy atom. The lowest BCUT2D eigenvalue weighted by Crippen LogP contribution is -2.34. The highest BCUT2D eigenvalue weighted by atomic mass is 32.2. The molecule has 0 saturated heterocycles. The van der Waals surface area contributed by atoms with Crippen molar-refractivity contribution < 1.29 is 13.2 Å². The molecule has 0 fully saturated rings. The lowest BCUT2D eigenvalue weighted by atomic mass is 10.2. The molecule has 128 valence electrons. The molecule has 2 aromatic rings. The van der Waals surface area contributed by atoms with Gasteiger partial charge in [0.2, 0.25) is 15.7 Å². The Morgan fingerprint density at radius 1 is 1.08 bits per heavy atom. The fourth-order valence-corrected chi connectivity index (χ4v) is 3.88. The Morgan fingerprint density at radius 3 is 2.29 bits per heavy atom. The van der Waals surface area contributed by atoms with Crippen LogP contribution in [0.3, 0.4) is 0 Å². The van der Waals surface area contributed by atoms with Crippen LogP contribution >= 0.6 is 0 Å². The van der Waals surface area contributed by atoms with Gasteiger partial charge in [0.15, 0.2) is 0 Å². The van der Waals surface area contributed by atoms with Crippen molar-refractivity contribution in [2.75, 3.05) is 5.32 Å². The van der Waals surface area contributed by atoms with Crippen LogP contribution in [-0.4, -0.2) is 20.4 Å². The summed E-state index contributed by atoms with van der Waals surface area (Å²) in [5.41, 5.74) is 7.86. The molecule has 3 N–H and O–H groups in total. The second kappa shape index (κ2) is 7.15. The monoisotopic (exact) mass is 346 g/mol. The Balaban J connectivity index is 2.38. The topological polar surface area (TPSA) is 89.3 Å². The summed E-state index contributed by atoms with van der Waals surface area (Å²) in [4.78, 5) is 12.3. The predicted molar refractivity (Wildman–Crippen MR) is 94.7 cm³/mol. The molecule has 24 heavy (non-hydrogen) atoms. The van der Waals surface area contributed by atoms with E-state index in [1.165, 1.54) is 12.1 Å². The van der Waals surface area contributed by atoms with Crippen LogP contribution in [0.1, 0.15) is 24.5 Å². The molecule has 0 radical (unpaired) electrons. The van der Waals surface area contributed by atoms with Gasteiger partial charge in [0.25, 0.3) is 0 Å². The van der Waals surface area contributed by atoms with E-state index < -0.39 is 15.9 Å². The van der Waals surface area contributed by atoms with Crippen LogP contribution in [0.4, 0.5) is 5.69 Å². The highest BCUT2D eigenvalue weighted by Gasteiger charge is 2.19. The number of benzene rings is 2. The van der Waals surface area contributed by atoms with E-state index in [-0.39, 0.29) is 15.7 Å². The maximum Gasteiger partial charge on any atom is 0.241 e. The first-order chi connectivity index (χ1) is 11.2. The quantitative estimate of drug-likeness (QED) is 0.871. The van der Waals surface area contributed by atoms with Crippen molar-refractivity contribution in [1.29, 1.82) is 0 Å². The molecule has 0 heterocycles. The molecule has 0 aliphatic heterocycles. The molecule has 1 amide bonds. The van der Waals surface area contributed by atoms with E-state index >= 15 is 0 Å². The zero-order chi connectivity index (χ0) is 17.9. The lowest BCUT2D eigenvalue weighted by molar-refractivity contribution is -0.117. The minimum Gasteiger partial charge on any atom is -0.325 e. The third-order valence-electron chi connectivity index (χ3n) is 3.69. The van der Waals surface area contributed by atoms with Gasteiger partial charge in [-0.25, -0.2) is 8.42 Å². The van der Waals surface area contributed by atoms with Gasteiger partial charge in [0.1, 0.15) is 0 Å². The molecule has 2 aromatic carbocycles. The molecular weight excluding hydrogens is 324 g/mol. The van der Waals surface area contributed by atoms with Crippen LogP contribution in [0.5, 0.6) is 0 Å². The molecular formula is C18H22N2O3S. The number of hydrogen-bond acceptors (Lipinski definition) is 4. The average molecular weight is 346 g/mol. The fraction of sp³-hybridized carbons (Fsp3) is 0.278. The Bertz CT molecular complexity index is 840. The predicted octanol–water partition coefficient (Wildman–Crippen LogP) is 2.81. The van der Waals surface area contributed by atoms with E-state index in [1.54, 1.807) is 24.3 Å². The number of amides is 1. The summed E-state index contributed by atoms with van der Waals surface area (Å²) < 4.78 is 25.7. The van der Waals surface area contributed by atoms with E-state index in [0.29, 0.717) is 12.1 Å². The minimum absolute atomic E-state index is 0.135. The first-order valence-corrected chi connectivity index (χ1v) is 9.22. The highest BCUT2D eigenvalue weighted by molar-refractivity contribution is 7.91. The molecule has 0 aliphatic carbocycles. The van der Waals surface area contributed by atoms with Crippen LogP contribution in [-0.2, 0) is 14.6 Å². The third-order valence-corrected chi connectivity index (χ3v) is 5.42. The van der Waals surface area contributed by atoms with Crippen molar-refractivity contribution in [3.05, 3.63) is 53.6 Å². The number of carbonyl (C=O) groups is 1. The molecule has 0 aliphatic rings. The van der Waals surface area contributed by atoms with Crippen LogP contribution in [0.25, 0.3) is 0 Å². The van der Waals surface area contributed by atoms with Gasteiger partial charge >= 0.3 is 0 Å². The summed E-state index contributed by atoms with van der Waals surface area (Å²) in [6.07, 6.45) is 0.506. The Kier molecular flexibility index (Phi) is 5.41. The van der Waals surface area contributed by atoms with Crippen molar-refractivity contribution >= 4 is 21.4 Å². The molecule has 1 atom stereocenters. The highest BCUT2D eigenvalue weighted by Crippen LogP contribution is 2.25. The standard InChI is InChI=1S/C18H22N2O3S/c1-4-17(19)18(21)20-14-6-5-7-15(11-14)24(22,23)16-9-12(2)8-13(3)10-16/h5-11,17H,4,19H2,1-3H3,(H,20,21). The van der Waals surface area contributed by atoms with Crippen molar-refractivity contribution in [2.45, 2.75) is 43.0 Å². The summed E-state index contributed by atoms with van der Waals surface area (Å²) in [6.45, 7) is 5.52. The average Bonchev–Trinajstić information content (AvgIpc) is 2.53. The fourth-order valence-electron chi connectivity index (χ4n) is 2.39. The number of nitrogens with two attached hydrogens (primary N) is 1. The number of rotatable bonds is 5. The van der Waals surface area contributed by atoms with Crippen molar-refractivity contribution in [3.8, 4) is 0 Å². The third kappa shape index (κ3) is 4.01. The number of nitrogens with one attached hydrogen (secondary N) is 1. The first kappa shape index (κ1) is 18.2. The lowest BCUT2D eigenvalue weighted by Gasteiger charge is -2.12. The van der Waals surface area contributed by atoms with Gasteiger partial charge in [-0.1, -0.05) is 19.1 Å². The van der Waals surface area contributed by atoms with Gasteiger partial charge in [0, 0.05) is 5.69 Å². The van der Waals surface area contributed by atoms with Crippen LogP contribution in [0.15, 0.2) is 52.3 Å². The van der Waals surface area contributed by atoms with E-state index in [2.05, 4.69) is 5.32 Å². The van der Waals surface area contributed by atoms with Crippen LogP contribution in [0.2, 0.25) is 0 Å². The summed E-state index contributed by atoms with van der Waals surface area (Å²) >= 11 is 0. The van der Waals surface area contributed by atoms with Crippen molar-refractivity contribution in [1.82, 2.24) is 0 Å². The zero-order valence-electron chi connectivity index (χ0n) is 14.0. The van der Waals surface area contributed by atoms with E-state index in [0.717, 1.165) is 11.1 Å². The largest absolute Gasteiger partial charge is 0.325 e. The number of hydrogen-bond donors (Lipinski definition) is 2. The normalized spacial score (nSPS) is 12.7. The van der Waals surface area contributed by atoms with E-state index in [1.807, 2.05) is 26.8 Å².